The third-order valence-corrected chi connectivity index (χ3v) is 7.40. The minimum Gasteiger partial charge on any atom is -0.425 e. The molecular formula is C27H37N3O4S. The fourth-order valence-electron chi connectivity index (χ4n) is 4.37. The molecule has 1 unspecified atom stereocenters. The highest BCUT2D eigenvalue weighted by atomic mass is 32.2. The molecule has 3 rings (SSSR count). The van der Waals surface area contributed by atoms with Crippen LogP contribution in [-0.2, 0) is 11.2 Å². The molecule has 1 heterocycles. The number of hydrogen-bond donors (Lipinski definition) is 2. The van der Waals surface area contributed by atoms with Crippen molar-refractivity contribution in [2.45, 2.75) is 83.3 Å². The van der Waals surface area contributed by atoms with E-state index in [9.17, 15) is 14.4 Å². The van der Waals surface area contributed by atoms with Crippen molar-refractivity contribution < 1.29 is 14.3 Å². The lowest BCUT2D eigenvalue weighted by molar-refractivity contribution is -0.136. The Morgan fingerprint density at radius 2 is 1.77 bits per heavy atom. The second kappa shape index (κ2) is 12.5. The number of esters is 1. The van der Waals surface area contributed by atoms with Crippen LogP contribution in [0, 0.1) is 11.8 Å². The molecule has 0 amide bonds. The molecule has 1 aromatic carbocycles. The Bertz CT molecular complexity index is 1070. The van der Waals surface area contributed by atoms with Gasteiger partial charge in [-0.15, -0.1) is 0 Å². The summed E-state index contributed by atoms with van der Waals surface area (Å²) in [6.45, 7) is 7.74. The predicted molar refractivity (Wildman–Crippen MR) is 139 cm³/mol. The van der Waals surface area contributed by atoms with Crippen LogP contribution in [0.4, 0.5) is 0 Å². The molecule has 1 aliphatic rings. The molecule has 7 nitrogen and oxygen atoms in total. The fraction of sp³-hybridized carbons (Fsp3) is 0.556. The topological polar surface area (TPSA) is 115 Å². The van der Waals surface area contributed by atoms with Crippen LogP contribution in [-0.4, -0.2) is 33.5 Å². The molecule has 1 aliphatic carbocycles. The van der Waals surface area contributed by atoms with Crippen LogP contribution < -0.4 is 16.0 Å². The molecule has 0 spiro atoms. The van der Waals surface area contributed by atoms with Crippen LogP contribution in [0.3, 0.4) is 0 Å². The zero-order chi connectivity index (χ0) is 25.5. The van der Waals surface area contributed by atoms with E-state index in [1.807, 2.05) is 27.7 Å². The lowest BCUT2D eigenvalue weighted by Crippen LogP contribution is -2.38. The highest BCUT2D eigenvalue weighted by Gasteiger charge is 2.22. The number of ether oxygens (including phenoxy) is 1. The molecule has 1 atom stereocenters. The number of rotatable bonds is 10. The maximum atomic E-state index is 12.8. The first-order chi connectivity index (χ1) is 16.7. The van der Waals surface area contributed by atoms with Gasteiger partial charge in [0.15, 0.2) is 10.9 Å². The number of Topliss-reactive ketones (excluding diaryl/α,β-unsaturated/α-hetero) is 1. The fourth-order valence-corrected chi connectivity index (χ4v) is 5.15. The first-order valence-electron chi connectivity index (χ1n) is 12.5. The van der Waals surface area contributed by atoms with Gasteiger partial charge in [-0.05, 0) is 48.4 Å². The lowest BCUT2D eigenvalue weighted by atomic mass is 9.84. The standard InChI is InChI=1S/C27H37N3O4S/c1-16(2)23-21(14-18-8-6-5-7-9-18)29-27(30-25(23)32)35-15-22(31)19-10-12-20(13-11-19)34-26(33)24(28)17(3)4/h10-13,16-18,24H,5-9,14-15,28H2,1-4H3,(H,29,30,32). The average molecular weight is 500 g/mol. The van der Waals surface area contributed by atoms with Gasteiger partial charge in [0.2, 0.25) is 0 Å². The first kappa shape index (κ1) is 27.1. The monoisotopic (exact) mass is 499 g/mol. The number of aromatic nitrogens is 2. The number of ketones is 1. The SMILES string of the molecule is CC(C)c1c(CC2CCCCC2)nc(SCC(=O)c2ccc(OC(=O)C(N)C(C)C)cc2)[nH]c1=O. The van der Waals surface area contributed by atoms with Crippen molar-refractivity contribution in [3.63, 3.8) is 0 Å². The van der Waals surface area contributed by atoms with Crippen molar-refractivity contribution in [2.24, 2.45) is 17.6 Å². The van der Waals surface area contributed by atoms with Crippen molar-refractivity contribution >= 4 is 23.5 Å². The molecule has 0 saturated heterocycles. The van der Waals surface area contributed by atoms with E-state index in [0.29, 0.717) is 22.4 Å². The van der Waals surface area contributed by atoms with Crippen molar-refractivity contribution in [2.75, 3.05) is 5.75 Å². The molecule has 190 valence electrons. The Hall–Kier alpha value is -2.45. The van der Waals surface area contributed by atoms with E-state index in [-0.39, 0.29) is 28.9 Å². The highest BCUT2D eigenvalue weighted by Crippen LogP contribution is 2.29. The van der Waals surface area contributed by atoms with E-state index < -0.39 is 12.0 Å². The highest BCUT2D eigenvalue weighted by molar-refractivity contribution is 7.99. The van der Waals surface area contributed by atoms with Gasteiger partial charge < -0.3 is 15.5 Å². The summed E-state index contributed by atoms with van der Waals surface area (Å²) in [7, 11) is 0. The summed E-state index contributed by atoms with van der Waals surface area (Å²) < 4.78 is 5.29. The van der Waals surface area contributed by atoms with E-state index in [1.54, 1.807) is 24.3 Å². The van der Waals surface area contributed by atoms with Gasteiger partial charge in [-0.1, -0.05) is 71.6 Å². The van der Waals surface area contributed by atoms with E-state index in [0.717, 1.165) is 17.7 Å². The Morgan fingerprint density at radius 3 is 2.37 bits per heavy atom. The van der Waals surface area contributed by atoms with Crippen LogP contribution in [0.5, 0.6) is 5.75 Å². The molecule has 1 saturated carbocycles. The van der Waals surface area contributed by atoms with Gasteiger partial charge >= 0.3 is 5.97 Å². The van der Waals surface area contributed by atoms with Gasteiger partial charge in [0.25, 0.3) is 5.56 Å². The zero-order valence-corrected chi connectivity index (χ0v) is 22.0. The van der Waals surface area contributed by atoms with Gasteiger partial charge in [0.1, 0.15) is 11.8 Å². The van der Waals surface area contributed by atoms with Crippen LogP contribution in [0.25, 0.3) is 0 Å². The number of carbonyl (C=O) groups excluding carboxylic acids is 2. The normalized spacial score (nSPS) is 15.4. The smallest absolute Gasteiger partial charge is 0.328 e. The van der Waals surface area contributed by atoms with E-state index >= 15 is 0 Å². The summed E-state index contributed by atoms with van der Waals surface area (Å²) in [4.78, 5) is 45.2. The lowest BCUT2D eigenvalue weighted by Gasteiger charge is -2.22. The van der Waals surface area contributed by atoms with Gasteiger partial charge in [-0.3, -0.25) is 9.59 Å². The van der Waals surface area contributed by atoms with Crippen LogP contribution in [0.2, 0.25) is 0 Å². The summed E-state index contributed by atoms with van der Waals surface area (Å²) in [6, 6.07) is 5.72. The van der Waals surface area contributed by atoms with Gasteiger partial charge in [0, 0.05) is 11.1 Å². The third kappa shape index (κ3) is 7.51. The zero-order valence-electron chi connectivity index (χ0n) is 21.1. The van der Waals surface area contributed by atoms with Crippen molar-refractivity contribution in [3.05, 3.63) is 51.4 Å². The quantitative estimate of drug-likeness (QED) is 0.157. The summed E-state index contributed by atoms with van der Waals surface area (Å²) >= 11 is 1.24. The summed E-state index contributed by atoms with van der Waals surface area (Å²) in [6.07, 6.45) is 6.95. The first-order valence-corrected chi connectivity index (χ1v) is 13.5. The second-order valence-corrected chi connectivity index (χ2v) is 11.0. The minimum atomic E-state index is -0.701. The van der Waals surface area contributed by atoms with Crippen LogP contribution in [0.1, 0.15) is 87.3 Å². The average Bonchev–Trinajstić information content (AvgIpc) is 2.82. The summed E-state index contributed by atoms with van der Waals surface area (Å²) in [5.74, 6) is 0.515. The Labute approximate surface area is 211 Å². The number of thioether (sulfide) groups is 1. The van der Waals surface area contributed by atoms with Crippen LogP contribution in [0.15, 0.2) is 34.2 Å². The van der Waals surface area contributed by atoms with Gasteiger partial charge in [0.05, 0.1) is 11.4 Å². The molecule has 2 aromatic rings. The number of nitrogens with zero attached hydrogens (tertiary/aromatic N) is 1. The Morgan fingerprint density at radius 1 is 1.11 bits per heavy atom. The molecule has 3 N–H and O–H groups in total. The molecule has 0 aliphatic heterocycles. The molecular weight excluding hydrogens is 462 g/mol. The van der Waals surface area contributed by atoms with Crippen molar-refractivity contribution in [1.29, 1.82) is 0 Å². The van der Waals surface area contributed by atoms with Crippen molar-refractivity contribution in [3.8, 4) is 5.75 Å². The number of carbonyl (C=O) groups is 2. The molecule has 0 bridgehead atoms. The van der Waals surface area contributed by atoms with Crippen LogP contribution >= 0.6 is 11.8 Å². The Balaban J connectivity index is 1.65. The van der Waals surface area contributed by atoms with Crippen molar-refractivity contribution in [1.82, 2.24) is 9.97 Å². The number of hydrogen-bond acceptors (Lipinski definition) is 7. The maximum Gasteiger partial charge on any atom is 0.328 e. The molecule has 35 heavy (non-hydrogen) atoms. The maximum absolute atomic E-state index is 12.8. The number of nitrogens with one attached hydrogen (secondary N) is 1. The number of H-pyrrole nitrogens is 1. The number of nitrogens with two attached hydrogens (primary N) is 1. The number of aromatic amines is 1. The molecule has 8 heteroatoms. The molecule has 1 fully saturated rings. The van der Waals surface area contributed by atoms with E-state index in [2.05, 4.69) is 4.98 Å². The Kier molecular flexibility index (Phi) is 9.69. The van der Waals surface area contributed by atoms with E-state index in [1.165, 1.54) is 43.9 Å². The second-order valence-electron chi connectivity index (χ2n) is 10.0. The van der Waals surface area contributed by atoms with Gasteiger partial charge in [-0.25, -0.2) is 9.78 Å². The summed E-state index contributed by atoms with van der Waals surface area (Å²) in [5.41, 5.74) is 7.83. The minimum absolute atomic E-state index is 0.0294. The van der Waals surface area contributed by atoms with Gasteiger partial charge in [-0.2, -0.15) is 0 Å². The summed E-state index contributed by atoms with van der Waals surface area (Å²) in [5, 5.41) is 0.479. The largest absolute Gasteiger partial charge is 0.425 e. The molecule has 1 aromatic heterocycles. The van der Waals surface area contributed by atoms with E-state index in [4.69, 9.17) is 15.5 Å². The third-order valence-electron chi connectivity index (χ3n) is 6.52. The molecule has 0 radical (unpaired) electrons. The predicted octanol–water partition coefficient (Wildman–Crippen LogP) is 4.88. The number of benzene rings is 1.